The predicted octanol–water partition coefficient (Wildman–Crippen LogP) is -0.860. The van der Waals surface area contributed by atoms with Crippen molar-refractivity contribution in [1.82, 2.24) is 14.7 Å². The first-order chi connectivity index (χ1) is 8.73. The van der Waals surface area contributed by atoms with E-state index in [0.29, 0.717) is 6.54 Å². The summed E-state index contributed by atoms with van der Waals surface area (Å²) >= 11 is 0. The van der Waals surface area contributed by atoms with Crippen molar-refractivity contribution in [2.75, 3.05) is 19.8 Å². The molecule has 0 saturated heterocycles. The van der Waals surface area contributed by atoms with Crippen LogP contribution in [0.2, 0.25) is 0 Å². The number of fused-ring (bicyclic) bond motifs is 1. The summed E-state index contributed by atoms with van der Waals surface area (Å²) in [7, 11) is 0. The predicted molar refractivity (Wildman–Crippen MR) is 66.0 cm³/mol. The zero-order chi connectivity index (χ0) is 13.0. The molecule has 4 N–H and O–H groups in total. The maximum absolute atomic E-state index is 9.19. The monoisotopic (exact) mass is 251 g/mol. The molecule has 98 valence electrons. The van der Waals surface area contributed by atoms with Crippen molar-refractivity contribution in [3.8, 4) is 0 Å². The van der Waals surface area contributed by atoms with Crippen LogP contribution in [0.3, 0.4) is 0 Å². The fourth-order valence-electron chi connectivity index (χ4n) is 1.67. The molecule has 6 heteroatoms. The maximum atomic E-state index is 9.19. The zero-order valence-corrected chi connectivity index (χ0v) is 9.95. The van der Waals surface area contributed by atoms with Gasteiger partial charge in [0, 0.05) is 18.9 Å². The molecule has 0 atom stereocenters. The van der Waals surface area contributed by atoms with Crippen LogP contribution < -0.4 is 5.32 Å². The third-order valence-electron chi connectivity index (χ3n) is 2.97. The van der Waals surface area contributed by atoms with E-state index in [-0.39, 0.29) is 19.8 Å². The SMILES string of the molecule is OCC(CO)(CO)NCc1cn2ccccc2n1. The number of hydrogen-bond donors (Lipinski definition) is 4. The molecule has 0 aliphatic carbocycles. The van der Waals surface area contributed by atoms with Gasteiger partial charge in [-0.2, -0.15) is 0 Å². The summed E-state index contributed by atoms with van der Waals surface area (Å²) < 4.78 is 1.88. The van der Waals surface area contributed by atoms with Crippen molar-refractivity contribution >= 4 is 5.65 Å². The lowest BCUT2D eigenvalue weighted by Gasteiger charge is -2.28. The second-order valence-corrected chi connectivity index (χ2v) is 4.31. The van der Waals surface area contributed by atoms with E-state index in [9.17, 15) is 15.3 Å². The van der Waals surface area contributed by atoms with Gasteiger partial charge in [0.15, 0.2) is 0 Å². The molecule has 0 aliphatic heterocycles. The molecule has 0 aromatic carbocycles. The van der Waals surface area contributed by atoms with Crippen molar-refractivity contribution in [2.24, 2.45) is 0 Å². The van der Waals surface area contributed by atoms with Gasteiger partial charge in [0.05, 0.1) is 31.1 Å². The van der Waals surface area contributed by atoms with Gasteiger partial charge in [-0.05, 0) is 12.1 Å². The summed E-state index contributed by atoms with van der Waals surface area (Å²) in [5.41, 5.74) is 0.535. The lowest BCUT2D eigenvalue weighted by molar-refractivity contribution is 0.0412. The highest BCUT2D eigenvalue weighted by molar-refractivity contribution is 5.39. The Kier molecular flexibility index (Phi) is 3.93. The zero-order valence-electron chi connectivity index (χ0n) is 9.95. The number of aromatic nitrogens is 2. The number of nitrogens with zero attached hydrogens (tertiary/aromatic N) is 2. The van der Waals surface area contributed by atoms with Crippen LogP contribution in [0.4, 0.5) is 0 Å². The Morgan fingerprint density at radius 2 is 1.89 bits per heavy atom. The molecule has 0 amide bonds. The summed E-state index contributed by atoms with van der Waals surface area (Å²) in [6, 6.07) is 5.70. The highest BCUT2D eigenvalue weighted by Gasteiger charge is 2.27. The van der Waals surface area contributed by atoms with Gasteiger partial charge in [-0.15, -0.1) is 0 Å². The van der Waals surface area contributed by atoms with E-state index in [1.165, 1.54) is 0 Å². The Hall–Kier alpha value is -1.47. The smallest absolute Gasteiger partial charge is 0.137 e. The van der Waals surface area contributed by atoms with Gasteiger partial charge >= 0.3 is 0 Å². The lowest BCUT2D eigenvalue weighted by atomic mass is 10.0. The largest absolute Gasteiger partial charge is 0.394 e. The van der Waals surface area contributed by atoms with E-state index in [0.717, 1.165) is 11.3 Å². The molecule has 0 saturated carbocycles. The molecule has 0 spiro atoms. The first-order valence-corrected chi connectivity index (χ1v) is 5.73. The molecule has 0 fully saturated rings. The lowest BCUT2D eigenvalue weighted by Crippen LogP contribution is -2.54. The van der Waals surface area contributed by atoms with Gasteiger partial charge in [0.25, 0.3) is 0 Å². The molecule has 0 unspecified atom stereocenters. The van der Waals surface area contributed by atoms with Crippen molar-refractivity contribution in [3.05, 3.63) is 36.3 Å². The number of hydrogen-bond acceptors (Lipinski definition) is 5. The Balaban J connectivity index is 2.09. The first-order valence-electron chi connectivity index (χ1n) is 5.73. The number of aliphatic hydroxyl groups excluding tert-OH is 3. The third kappa shape index (κ3) is 2.51. The van der Waals surface area contributed by atoms with Crippen molar-refractivity contribution in [2.45, 2.75) is 12.1 Å². The molecule has 2 aromatic rings. The molecule has 6 nitrogen and oxygen atoms in total. The van der Waals surface area contributed by atoms with E-state index in [1.54, 1.807) is 0 Å². The second kappa shape index (κ2) is 5.45. The Labute approximate surface area is 105 Å². The van der Waals surface area contributed by atoms with Crippen LogP contribution in [0.1, 0.15) is 5.69 Å². The first kappa shape index (κ1) is 13.0. The van der Waals surface area contributed by atoms with E-state index in [4.69, 9.17) is 0 Å². The molecule has 0 bridgehead atoms. The van der Waals surface area contributed by atoms with Crippen molar-refractivity contribution in [1.29, 1.82) is 0 Å². The highest BCUT2D eigenvalue weighted by atomic mass is 16.3. The van der Waals surface area contributed by atoms with Gasteiger partial charge in [0.2, 0.25) is 0 Å². The third-order valence-corrected chi connectivity index (χ3v) is 2.97. The number of pyridine rings is 1. The maximum Gasteiger partial charge on any atom is 0.137 e. The topological polar surface area (TPSA) is 90.0 Å². The summed E-state index contributed by atoms with van der Waals surface area (Å²) in [5.74, 6) is 0. The van der Waals surface area contributed by atoms with Crippen LogP contribution in [0.15, 0.2) is 30.6 Å². The molecular formula is C12H17N3O3. The minimum atomic E-state index is -1.07. The standard InChI is InChI=1S/C12H17N3O3/c16-7-12(8-17,9-18)13-5-10-6-15-4-2-1-3-11(15)14-10/h1-4,6,13,16-18H,5,7-9H2. The number of aliphatic hydroxyl groups is 3. The molecule has 18 heavy (non-hydrogen) atoms. The van der Waals surface area contributed by atoms with Crippen molar-refractivity contribution < 1.29 is 15.3 Å². The fraction of sp³-hybridized carbons (Fsp3) is 0.417. The fourth-order valence-corrected chi connectivity index (χ4v) is 1.67. The quantitative estimate of drug-likeness (QED) is 0.536. The van der Waals surface area contributed by atoms with Gasteiger partial charge in [-0.3, -0.25) is 5.32 Å². The van der Waals surface area contributed by atoms with Crippen LogP contribution in [-0.4, -0.2) is 50.1 Å². The minimum Gasteiger partial charge on any atom is -0.394 e. The van der Waals surface area contributed by atoms with Crippen LogP contribution in [0.5, 0.6) is 0 Å². The van der Waals surface area contributed by atoms with E-state index >= 15 is 0 Å². The van der Waals surface area contributed by atoms with Gasteiger partial charge < -0.3 is 19.7 Å². The van der Waals surface area contributed by atoms with Gasteiger partial charge in [-0.1, -0.05) is 6.07 Å². The average Bonchev–Trinajstić information content (AvgIpc) is 2.84. The summed E-state index contributed by atoms with van der Waals surface area (Å²) in [6.07, 6.45) is 3.75. The van der Waals surface area contributed by atoms with Crippen LogP contribution in [-0.2, 0) is 6.54 Å². The summed E-state index contributed by atoms with van der Waals surface area (Å²) in [4.78, 5) is 4.37. The normalized spacial score (nSPS) is 12.2. The highest BCUT2D eigenvalue weighted by Crippen LogP contribution is 2.07. The summed E-state index contributed by atoms with van der Waals surface area (Å²) in [6.45, 7) is -0.655. The average molecular weight is 251 g/mol. The Morgan fingerprint density at radius 1 is 1.17 bits per heavy atom. The molecule has 0 aliphatic rings. The summed E-state index contributed by atoms with van der Waals surface area (Å²) in [5, 5.41) is 30.5. The molecule has 2 heterocycles. The number of rotatable bonds is 6. The van der Waals surface area contributed by atoms with Crippen molar-refractivity contribution in [3.63, 3.8) is 0 Å². The Bertz CT molecular complexity index is 467. The van der Waals surface area contributed by atoms with Crippen LogP contribution in [0, 0.1) is 0 Å². The molecule has 0 radical (unpaired) electrons. The van der Waals surface area contributed by atoms with E-state index in [1.807, 2.05) is 35.0 Å². The number of imidazole rings is 1. The molecule has 2 rings (SSSR count). The van der Waals surface area contributed by atoms with Crippen LogP contribution in [0.25, 0.3) is 5.65 Å². The minimum absolute atomic E-state index is 0.340. The van der Waals surface area contributed by atoms with Gasteiger partial charge in [-0.25, -0.2) is 4.98 Å². The van der Waals surface area contributed by atoms with E-state index in [2.05, 4.69) is 10.3 Å². The second-order valence-electron chi connectivity index (χ2n) is 4.31. The van der Waals surface area contributed by atoms with Gasteiger partial charge in [0.1, 0.15) is 5.65 Å². The molecule has 2 aromatic heterocycles. The van der Waals surface area contributed by atoms with Crippen LogP contribution >= 0.6 is 0 Å². The molecular weight excluding hydrogens is 234 g/mol. The van der Waals surface area contributed by atoms with E-state index < -0.39 is 5.54 Å². The number of nitrogens with one attached hydrogen (secondary N) is 1. The Morgan fingerprint density at radius 3 is 2.50 bits per heavy atom.